The second-order valence-corrected chi connectivity index (χ2v) is 6.85. The maximum absolute atomic E-state index is 12.3. The summed E-state index contributed by atoms with van der Waals surface area (Å²) in [5.74, 6) is 1.36. The summed E-state index contributed by atoms with van der Waals surface area (Å²) >= 11 is 5.97. The molecule has 0 spiro atoms. The van der Waals surface area contributed by atoms with Gasteiger partial charge in [0.1, 0.15) is 11.8 Å². The molecule has 0 N–H and O–H groups in total. The third kappa shape index (κ3) is 4.50. The van der Waals surface area contributed by atoms with Crippen LogP contribution in [0.2, 0.25) is 5.15 Å². The number of imidazole rings is 1. The van der Waals surface area contributed by atoms with Gasteiger partial charge in [-0.2, -0.15) is 0 Å². The molecule has 0 saturated carbocycles. The highest BCUT2D eigenvalue weighted by atomic mass is 35.5. The fourth-order valence-electron chi connectivity index (χ4n) is 1.93. The number of allylic oxidation sites excluding steroid dienone is 1. The fraction of sp³-hybridized carbons (Fsp3) is 0.429. The van der Waals surface area contributed by atoms with Gasteiger partial charge in [0.25, 0.3) is 0 Å². The van der Waals surface area contributed by atoms with Crippen LogP contribution >= 0.6 is 19.2 Å². The quantitative estimate of drug-likeness (QED) is 0.426. The lowest BCUT2D eigenvalue weighted by Gasteiger charge is -2.11. The van der Waals surface area contributed by atoms with Crippen LogP contribution in [0.5, 0.6) is 0 Å². The van der Waals surface area contributed by atoms with E-state index >= 15 is 0 Å². The van der Waals surface area contributed by atoms with Gasteiger partial charge in [-0.1, -0.05) is 11.6 Å². The SMILES string of the molecule is CCOP(=O)(C=C=C(C)Cn1cnc2c(Cl)ncnc21)OCC. The van der Waals surface area contributed by atoms with Crippen molar-refractivity contribution in [1.29, 1.82) is 0 Å². The minimum Gasteiger partial charge on any atom is -0.310 e. The highest BCUT2D eigenvalue weighted by molar-refractivity contribution is 7.57. The number of hydrogen-bond acceptors (Lipinski definition) is 6. The molecule has 2 heterocycles. The Hall–Kier alpha value is -1.49. The van der Waals surface area contributed by atoms with Gasteiger partial charge in [0, 0.05) is 0 Å². The van der Waals surface area contributed by atoms with Crippen LogP contribution in [0.25, 0.3) is 11.2 Å². The second kappa shape index (κ2) is 7.86. The standard InChI is InChI=1S/C14H18ClN4O3P/c1-4-21-23(20,22-5-2)7-6-11(3)8-19-10-18-12-13(15)16-9-17-14(12)19/h7,9-10H,4-5,8H2,1-3H3. The molecule has 2 rings (SSSR count). The van der Waals surface area contributed by atoms with Crippen LogP contribution in [-0.2, 0) is 20.2 Å². The molecule has 23 heavy (non-hydrogen) atoms. The summed E-state index contributed by atoms with van der Waals surface area (Å²) < 4.78 is 24.5. The number of aromatic nitrogens is 4. The molecule has 0 bridgehead atoms. The van der Waals surface area contributed by atoms with E-state index < -0.39 is 7.60 Å². The van der Waals surface area contributed by atoms with Crippen molar-refractivity contribution >= 4 is 30.4 Å². The van der Waals surface area contributed by atoms with Gasteiger partial charge >= 0.3 is 7.60 Å². The largest absolute Gasteiger partial charge is 0.361 e. The van der Waals surface area contributed by atoms with Crippen LogP contribution in [0.1, 0.15) is 20.8 Å². The molecule has 0 radical (unpaired) electrons. The first-order chi connectivity index (χ1) is 11.0. The Bertz CT molecular complexity index is 788. The minimum absolute atomic E-state index is 0.302. The van der Waals surface area contributed by atoms with Crippen molar-refractivity contribution in [3.63, 3.8) is 0 Å². The molecular weight excluding hydrogens is 339 g/mol. The van der Waals surface area contributed by atoms with Crippen molar-refractivity contribution < 1.29 is 13.6 Å². The molecule has 7 nitrogen and oxygen atoms in total. The van der Waals surface area contributed by atoms with Crippen molar-refractivity contribution in [3.05, 3.63) is 34.9 Å². The number of halogens is 1. The van der Waals surface area contributed by atoms with Crippen molar-refractivity contribution in [2.75, 3.05) is 13.2 Å². The second-order valence-electron chi connectivity index (χ2n) is 4.64. The van der Waals surface area contributed by atoms with Gasteiger partial charge in [-0.3, -0.25) is 4.57 Å². The zero-order valence-corrected chi connectivity index (χ0v) is 14.8. The van der Waals surface area contributed by atoms with E-state index in [1.54, 1.807) is 20.2 Å². The van der Waals surface area contributed by atoms with E-state index in [2.05, 4.69) is 20.7 Å². The molecular formula is C14H18ClN4O3P. The van der Waals surface area contributed by atoms with E-state index in [0.29, 0.717) is 36.1 Å². The van der Waals surface area contributed by atoms with Crippen LogP contribution in [0, 0.1) is 0 Å². The number of rotatable bonds is 7. The molecule has 0 fully saturated rings. The maximum Gasteiger partial charge on any atom is 0.361 e. The highest BCUT2D eigenvalue weighted by Gasteiger charge is 2.18. The normalized spacial score (nSPS) is 11.5. The fourth-order valence-corrected chi connectivity index (χ4v) is 3.43. The van der Waals surface area contributed by atoms with Gasteiger partial charge in [0.2, 0.25) is 0 Å². The molecule has 0 aliphatic carbocycles. The van der Waals surface area contributed by atoms with Gasteiger partial charge < -0.3 is 13.6 Å². The third-order valence-electron chi connectivity index (χ3n) is 2.85. The van der Waals surface area contributed by atoms with Gasteiger partial charge in [-0.15, -0.1) is 5.73 Å². The summed E-state index contributed by atoms with van der Waals surface area (Å²) in [6.45, 7) is 6.45. The molecule has 0 aromatic carbocycles. The summed E-state index contributed by atoms with van der Waals surface area (Å²) in [7, 11) is -3.25. The van der Waals surface area contributed by atoms with Gasteiger partial charge in [-0.05, 0) is 26.3 Å². The zero-order valence-electron chi connectivity index (χ0n) is 13.2. The molecule has 0 aliphatic heterocycles. The van der Waals surface area contributed by atoms with Crippen molar-refractivity contribution in [2.24, 2.45) is 0 Å². The highest BCUT2D eigenvalue weighted by Crippen LogP contribution is 2.49. The molecule has 2 aromatic heterocycles. The smallest absolute Gasteiger partial charge is 0.310 e. The Balaban J connectivity index is 2.25. The van der Waals surface area contributed by atoms with Crippen molar-refractivity contribution in [2.45, 2.75) is 27.3 Å². The Kier molecular flexibility index (Phi) is 6.10. The average molecular weight is 357 g/mol. The maximum atomic E-state index is 12.3. The Labute approximate surface area is 139 Å². The molecule has 0 unspecified atom stereocenters. The van der Waals surface area contributed by atoms with E-state index in [4.69, 9.17) is 20.6 Å². The van der Waals surface area contributed by atoms with Gasteiger partial charge in [0.05, 0.1) is 31.9 Å². The lowest BCUT2D eigenvalue weighted by Crippen LogP contribution is -1.98. The Morgan fingerprint density at radius 3 is 2.70 bits per heavy atom. The Morgan fingerprint density at radius 1 is 1.35 bits per heavy atom. The summed E-state index contributed by atoms with van der Waals surface area (Å²) in [5, 5.41) is 0.308. The lowest BCUT2D eigenvalue weighted by molar-refractivity contribution is 0.229. The molecule has 0 atom stereocenters. The first-order valence-electron chi connectivity index (χ1n) is 7.12. The summed E-state index contributed by atoms with van der Waals surface area (Å²) in [4.78, 5) is 12.3. The minimum atomic E-state index is -3.25. The van der Waals surface area contributed by atoms with Crippen LogP contribution < -0.4 is 0 Å². The predicted octanol–water partition coefficient (Wildman–Crippen LogP) is 3.80. The number of hydrogen-bond donors (Lipinski definition) is 0. The van der Waals surface area contributed by atoms with E-state index in [0.717, 1.165) is 5.57 Å². The van der Waals surface area contributed by atoms with Crippen molar-refractivity contribution in [1.82, 2.24) is 19.5 Å². The van der Waals surface area contributed by atoms with Gasteiger partial charge in [0.15, 0.2) is 10.8 Å². The van der Waals surface area contributed by atoms with Crippen LogP contribution in [0.3, 0.4) is 0 Å². The molecule has 9 heteroatoms. The summed E-state index contributed by atoms with van der Waals surface area (Å²) in [6, 6.07) is 0. The van der Waals surface area contributed by atoms with E-state index in [9.17, 15) is 4.57 Å². The first-order valence-corrected chi connectivity index (χ1v) is 9.11. The molecule has 0 aliphatic rings. The number of fused-ring (bicyclic) bond motifs is 1. The predicted molar refractivity (Wildman–Crippen MR) is 88.5 cm³/mol. The van der Waals surface area contributed by atoms with Crippen LogP contribution in [0.15, 0.2) is 29.8 Å². The van der Waals surface area contributed by atoms with Crippen LogP contribution in [0.4, 0.5) is 0 Å². The number of nitrogens with zero attached hydrogens (tertiary/aromatic N) is 4. The van der Waals surface area contributed by atoms with Crippen LogP contribution in [-0.4, -0.2) is 32.7 Å². The monoisotopic (exact) mass is 356 g/mol. The third-order valence-corrected chi connectivity index (χ3v) is 4.81. The lowest BCUT2D eigenvalue weighted by atomic mass is 10.3. The summed E-state index contributed by atoms with van der Waals surface area (Å²) in [5.41, 5.74) is 4.95. The topological polar surface area (TPSA) is 79.1 Å². The molecule has 0 amide bonds. The van der Waals surface area contributed by atoms with Crippen molar-refractivity contribution in [3.8, 4) is 0 Å². The van der Waals surface area contributed by atoms with Gasteiger partial charge in [-0.25, -0.2) is 15.0 Å². The van der Waals surface area contributed by atoms with E-state index in [1.165, 1.54) is 12.1 Å². The zero-order chi connectivity index (χ0) is 16.9. The Morgan fingerprint density at radius 2 is 2.04 bits per heavy atom. The molecule has 2 aromatic rings. The molecule has 0 saturated heterocycles. The summed E-state index contributed by atoms with van der Waals surface area (Å²) in [6.07, 6.45) is 3.01. The van der Waals surface area contributed by atoms with E-state index in [1.807, 2.05) is 11.5 Å². The van der Waals surface area contributed by atoms with E-state index in [-0.39, 0.29) is 0 Å². The molecule has 124 valence electrons. The average Bonchev–Trinajstić information content (AvgIpc) is 2.91. The first kappa shape index (κ1) is 17.9.